The Morgan fingerprint density at radius 2 is 2.11 bits per heavy atom. The van der Waals surface area contributed by atoms with E-state index in [2.05, 4.69) is 12.2 Å². The highest BCUT2D eigenvalue weighted by Crippen LogP contribution is 2.40. The molecule has 142 valence electrons. The number of amides is 1. The molecule has 2 aromatic rings. The number of carbonyl (C=O) groups is 2. The van der Waals surface area contributed by atoms with E-state index in [0.717, 1.165) is 29.7 Å². The highest BCUT2D eigenvalue weighted by Gasteiger charge is 2.29. The molecule has 0 unspecified atom stereocenters. The van der Waals surface area contributed by atoms with Crippen LogP contribution in [0.2, 0.25) is 0 Å². The van der Waals surface area contributed by atoms with E-state index >= 15 is 0 Å². The first kappa shape index (κ1) is 19.0. The van der Waals surface area contributed by atoms with Crippen molar-refractivity contribution in [3.05, 3.63) is 55.4 Å². The smallest absolute Gasteiger partial charge is 0.341 e. The number of nitro benzene ring substituents is 1. The molecule has 0 bridgehead atoms. The maximum atomic E-state index is 12.7. The minimum atomic E-state index is -0.485. The standard InChI is InChI=1S/C19H20N2O5S/c1-10-4-6-13-15(8-10)27-18(16(13)19(23)26-3)20-17(22)12-5-7-14(21(24)25)11(2)9-12/h5,7,9-10H,4,6,8H2,1-3H3,(H,20,22)/t10-/m1/s1. The molecule has 3 rings (SSSR count). The van der Waals surface area contributed by atoms with Gasteiger partial charge >= 0.3 is 5.97 Å². The number of nitrogens with zero attached hydrogens (tertiary/aromatic N) is 1. The van der Waals surface area contributed by atoms with Crippen LogP contribution in [0, 0.1) is 23.0 Å². The summed E-state index contributed by atoms with van der Waals surface area (Å²) in [6, 6.07) is 4.20. The number of esters is 1. The van der Waals surface area contributed by atoms with Gasteiger partial charge in [-0.3, -0.25) is 14.9 Å². The van der Waals surface area contributed by atoms with Crippen molar-refractivity contribution < 1.29 is 19.2 Å². The summed E-state index contributed by atoms with van der Waals surface area (Å²) in [5.74, 6) is -0.343. The third-order valence-electron chi connectivity index (χ3n) is 4.78. The number of fused-ring (bicyclic) bond motifs is 1. The molecule has 1 aromatic carbocycles. The van der Waals surface area contributed by atoms with Crippen LogP contribution in [0.5, 0.6) is 0 Å². The molecular weight excluding hydrogens is 368 g/mol. The van der Waals surface area contributed by atoms with E-state index < -0.39 is 16.8 Å². The Bertz CT molecular complexity index is 934. The Balaban J connectivity index is 1.93. The normalized spacial score (nSPS) is 15.7. The van der Waals surface area contributed by atoms with Crippen LogP contribution >= 0.6 is 11.3 Å². The van der Waals surface area contributed by atoms with Gasteiger partial charge in [-0.15, -0.1) is 11.3 Å². The van der Waals surface area contributed by atoms with Gasteiger partial charge in [0.1, 0.15) is 5.00 Å². The average Bonchev–Trinajstić information content (AvgIpc) is 2.97. The SMILES string of the molecule is COC(=O)c1c(NC(=O)c2ccc([N+](=O)[O-])c(C)c2)sc2c1CC[C@@H](C)C2. The first-order valence-electron chi connectivity index (χ1n) is 8.61. The predicted octanol–water partition coefficient (Wildman–Crippen LogP) is 4.13. The lowest BCUT2D eigenvalue weighted by atomic mass is 9.88. The lowest BCUT2D eigenvalue weighted by molar-refractivity contribution is -0.385. The van der Waals surface area contributed by atoms with Crippen LogP contribution in [-0.4, -0.2) is 23.9 Å². The first-order chi connectivity index (χ1) is 12.8. The molecule has 0 radical (unpaired) electrons. The molecule has 1 aliphatic carbocycles. The van der Waals surface area contributed by atoms with Crippen molar-refractivity contribution in [3.63, 3.8) is 0 Å². The van der Waals surface area contributed by atoms with Gasteiger partial charge in [-0.05, 0) is 49.8 Å². The fourth-order valence-electron chi connectivity index (χ4n) is 3.33. The summed E-state index contributed by atoms with van der Waals surface area (Å²) < 4.78 is 4.92. The van der Waals surface area contributed by atoms with Crippen LogP contribution in [-0.2, 0) is 17.6 Å². The van der Waals surface area contributed by atoms with Gasteiger partial charge in [-0.25, -0.2) is 4.79 Å². The molecule has 0 spiro atoms. The van der Waals surface area contributed by atoms with Crippen LogP contribution in [0.3, 0.4) is 0 Å². The van der Waals surface area contributed by atoms with Crippen molar-refractivity contribution in [2.75, 3.05) is 12.4 Å². The maximum absolute atomic E-state index is 12.7. The van der Waals surface area contributed by atoms with Crippen LogP contribution in [0.1, 0.15) is 50.1 Å². The molecule has 0 fully saturated rings. The predicted molar refractivity (Wildman–Crippen MR) is 103 cm³/mol. The number of ether oxygens (including phenoxy) is 1. The molecule has 0 aliphatic heterocycles. The summed E-state index contributed by atoms with van der Waals surface area (Å²) in [6.45, 7) is 3.75. The zero-order chi connectivity index (χ0) is 19.7. The molecule has 1 aromatic heterocycles. The molecule has 1 N–H and O–H groups in total. The van der Waals surface area contributed by atoms with Crippen LogP contribution in [0.15, 0.2) is 18.2 Å². The molecule has 0 saturated carbocycles. The van der Waals surface area contributed by atoms with E-state index in [1.165, 1.54) is 36.6 Å². The van der Waals surface area contributed by atoms with Gasteiger partial charge in [-0.2, -0.15) is 0 Å². The highest BCUT2D eigenvalue weighted by molar-refractivity contribution is 7.17. The van der Waals surface area contributed by atoms with E-state index in [9.17, 15) is 19.7 Å². The summed E-state index contributed by atoms with van der Waals surface area (Å²) in [5.41, 5.74) is 2.05. The summed E-state index contributed by atoms with van der Waals surface area (Å²) in [6.07, 6.45) is 2.64. The Morgan fingerprint density at radius 1 is 1.37 bits per heavy atom. The number of methoxy groups -OCH3 is 1. The number of nitrogens with one attached hydrogen (secondary N) is 1. The molecule has 8 heteroatoms. The number of anilines is 1. The Labute approximate surface area is 160 Å². The van der Waals surface area contributed by atoms with Gasteiger partial charge in [0.05, 0.1) is 17.6 Å². The molecule has 1 heterocycles. The van der Waals surface area contributed by atoms with E-state index in [1.54, 1.807) is 6.92 Å². The third-order valence-corrected chi connectivity index (χ3v) is 5.95. The number of benzene rings is 1. The summed E-state index contributed by atoms with van der Waals surface area (Å²) in [4.78, 5) is 36.5. The van der Waals surface area contributed by atoms with Crippen molar-refractivity contribution in [1.82, 2.24) is 0 Å². The number of hydrogen-bond acceptors (Lipinski definition) is 6. The largest absolute Gasteiger partial charge is 0.465 e. The monoisotopic (exact) mass is 388 g/mol. The Kier molecular flexibility index (Phi) is 5.27. The van der Waals surface area contributed by atoms with Gasteiger partial charge < -0.3 is 10.1 Å². The zero-order valence-electron chi connectivity index (χ0n) is 15.3. The summed E-state index contributed by atoms with van der Waals surface area (Å²) in [7, 11) is 1.32. The van der Waals surface area contributed by atoms with Crippen molar-refractivity contribution >= 4 is 33.9 Å². The van der Waals surface area contributed by atoms with Gasteiger partial charge in [0.25, 0.3) is 11.6 Å². The zero-order valence-corrected chi connectivity index (χ0v) is 16.1. The second kappa shape index (κ2) is 7.48. The van der Waals surface area contributed by atoms with E-state index in [0.29, 0.717) is 27.6 Å². The van der Waals surface area contributed by atoms with Gasteiger partial charge in [-0.1, -0.05) is 6.92 Å². The summed E-state index contributed by atoms with van der Waals surface area (Å²) in [5, 5.41) is 14.2. The number of hydrogen-bond donors (Lipinski definition) is 1. The average molecular weight is 388 g/mol. The molecule has 7 nitrogen and oxygen atoms in total. The number of thiophene rings is 1. The number of aryl methyl sites for hydroxylation is 1. The fourth-order valence-corrected chi connectivity index (χ4v) is 4.73. The van der Waals surface area contributed by atoms with Crippen LogP contribution < -0.4 is 5.32 Å². The quantitative estimate of drug-likeness (QED) is 0.482. The Morgan fingerprint density at radius 3 is 2.74 bits per heavy atom. The molecular formula is C19H20N2O5S. The molecule has 1 aliphatic rings. The van der Waals surface area contributed by atoms with Gasteiger partial charge in [0, 0.05) is 22.1 Å². The second-order valence-electron chi connectivity index (χ2n) is 6.76. The third kappa shape index (κ3) is 3.71. The van der Waals surface area contributed by atoms with Crippen LogP contribution in [0.4, 0.5) is 10.7 Å². The fraction of sp³-hybridized carbons (Fsp3) is 0.368. The van der Waals surface area contributed by atoms with Crippen molar-refractivity contribution in [2.24, 2.45) is 5.92 Å². The van der Waals surface area contributed by atoms with Gasteiger partial charge in [0.2, 0.25) is 0 Å². The lowest BCUT2D eigenvalue weighted by Gasteiger charge is -2.18. The van der Waals surface area contributed by atoms with Crippen LogP contribution in [0.25, 0.3) is 0 Å². The van der Waals surface area contributed by atoms with E-state index in [1.807, 2.05) is 0 Å². The van der Waals surface area contributed by atoms with E-state index in [4.69, 9.17) is 4.74 Å². The highest BCUT2D eigenvalue weighted by atomic mass is 32.1. The molecule has 27 heavy (non-hydrogen) atoms. The molecule has 1 atom stereocenters. The maximum Gasteiger partial charge on any atom is 0.341 e. The number of rotatable bonds is 4. The molecule has 1 amide bonds. The number of nitro groups is 1. The van der Waals surface area contributed by atoms with Crippen molar-refractivity contribution in [1.29, 1.82) is 0 Å². The van der Waals surface area contributed by atoms with Gasteiger partial charge in [0.15, 0.2) is 0 Å². The minimum absolute atomic E-state index is 0.0395. The first-order valence-corrected chi connectivity index (χ1v) is 9.42. The minimum Gasteiger partial charge on any atom is -0.465 e. The Hall–Kier alpha value is -2.74. The second-order valence-corrected chi connectivity index (χ2v) is 7.87. The van der Waals surface area contributed by atoms with Crippen molar-refractivity contribution in [2.45, 2.75) is 33.1 Å². The lowest BCUT2D eigenvalue weighted by Crippen LogP contribution is -2.16. The van der Waals surface area contributed by atoms with Crippen molar-refractivity contribution in [3.8, 4) is 0 Å². The molecule has 0 saturated heterocycles. The number of carbonyl (C=O) groups excluding carboxylic acids is 2. The summed E-state index contributed by atoms with van der Waals surface area (Å²) >= 11 is 1.40. The van der Waals surface area contributed by atoms with E-state index in [-0.39, 0.29) is 5.69 Å². The topological polar surface area (TPSA) is 98.5 Å².